The van der Waals surface area contributed by atoms with E-state index in [1.807, 2.05) is 6.92 Å². The molecule has 12 heavy (non-hydrogen) atoms. The molecule has 0 bridgehead atoms. The number of rotatable bonds is 2. The van der Waals surface area contributed by atoms with Crippen molar-refractivity contribution in [2.24, 2.45) is 0 Å². The lowest BCUT2D eigenvalue weighted by molar-refractivity contribution is 0.361. The van der Waals surface area contributed by atoms with Gasteiger partial charge >= 0.3 is 0 Å². The highest BCUT2D eigenvalue weighted by Gasteiger charge is 2.17. The molecule has 0 amide bonds. The van der Waals surface area contributed by atoms with E-state index in [-0.39, 0.29) is 0 Å². The lowest BCUT2D eigenvalue weighted by atomic mass is 10.2. The number of hydrogen-bond donors (Lipinski definition) is 1. The number of nitrogens with zero attached hydrogens (tertiary/aromatic N) is 2. The molecule has 1 saturated heterocycles. The first-order valence-electron chi connectivity index (χ1n) is 4.37. The Morgan fingerprint density at radius 1 is 1.67 bits per heavy atom. The number of aryl methyl sites for hydroxylation is 1. The zero-order valence-electron chi connectivity index (χ0n) is 7.21. The Kier molecular flexibility index (Phi) is 2.08. The van der Waals surface area contributed by atoms with E-state index in [0.717, 1.165) is 24.7 Å². The molecule has 0 saturated carbocycles. The maximum Gasteiger partial charge on any atom is 0.228 e. The van der Waals surface area contributed by atoms with E-state index < -0.39 is 0 Å². The molecule has 0 radical (unpaired) electrons. The fraction of sp³-hybridized carbons (Fsp3) is 0.750. The second-order valence-corrected chi connectivity index (χ2v) is 3.23. The van der Waals surface area contributed by atoms with Gasteiger partial charge in [0.2, 0.25) is 5.89 Å². The van der Waals surface area contributed by atoms with Crippen LogP contribution in [0.5, 0.6) is 0 Å². The maximum atomic E-state index is 5.03. The zero-order valence-corrected chi connectivity index (χ0v) is 7.21. The van der Waals surface area contributed by atoms with Crippen LogP contribution < -0.4 is 5.32 Å². The molecule has 1 aromatic rings. The van der Waals surface area contributed by atoms with Gasteiger partial charge < -0.3 is 9.84 Å². The standard InChI is InChI=1S/C8H13N3O/c1-6-10-8(12-11-6)5-7-3-2-4-9-7/h7,9H,2-5H2,1H3/t7-/m0/s1. The maximum absolute atomic E-state index is 5.03. The van der Waals surface area contributed by atoms with Crippen molar-refractivity contribution in [3.8, 4) is 0 Å². The van der Waals surface area contributed by atoms with E-state index in [1.165, 1.54) is 12.8 Å². The summed E-state index contributed by atoms with van der Waals surface area (Å²) in [6.45, 7) is 2.97. The normalized spacial score (nSPS) is 23.2. The summed E-state index contributed by atoms with van der Waals surface area (Å²) in [6, 6.07) is 0.546. The van der Waals surface area contributed by atoms with E-state index in [0.29, 0.717) is 6.04 Å². The van der Waals surface area contributed by atoms with Gasteiger partial charge in [0, 0.05) is 12.5 Å². The minimum Gasteiger partial charge on any atom is -0.339 e. The lowest BCUT2D eigenvalue weighted by Crippen LogP contribution is -2.23. The summed E-state index contributed by atoms with van der Waals surface area (Å²) in [7, 11) is 0. The van der Waals surface area contributed by atoms with E-state index in [9.17, 15) is 0 Å². The van der Waals surface area contributed by atoms with Crippen molar-refractivity contribution in [1.29, 1.82) is 0 Å². The van der Waals surface area contributed by atoms with Gasteiger partial charge in [0.15, 0.2) is 5.82 Å². The third kappa shape index (κ3) is 1.64. The van der Waals surface area contributed by atoms with Gasteiger partial charge in [0.1, 0.15) is 0 Å². The molecule has 4 heteroatoms. The Balaban J connectivity index is 1.94. The van der Waals surface area contributed by atoms with Crippen LogP contribution >= 0.6 is 0 Å². The number of nitrogens with one attached hydrogen (secondary N) is 1. The van der Waals surface area contributed by atoms with Crippen LogP contribution in [0.15, 0.2) is 4.52 Å². The fourth-order valence-corrected chi connectivity index (χ4v) is 1.56. The highest BCUT2D eigenvalue weighted by molar-refractivity contribution is 4.89. The lowest BCUT2D eigenvalue weighted by Gasteiger charge is -2.04. The Morgan fingerprint density at radius 2 is 2.58 bits per heavy atom. The second kappa shape index (κ2) is 3.23. The Morgan fingerprint density at radius 3 is 3.17 bits per heavy atom. The first-order valence-corrected chi connectivity index (χ1v) is 4.37. The molecule has 1 aromatic heterocycles. The second-order valence-electron chi connectivity index (χ2n) is 3.23. The Hall–Kier alpha value is -0.900. The average Bonchev–Trinajstić information content (AvgIpc) is 2.63. The van der Waals surface area contributed by atoms with Crippen LogP contribution in [0.3, 0.4) is 0 Å². The summed E-state index contributed by atoms with van der Waals surface area (Å²) in [5.74, 6) is 1.48. The van der Waals surface area contributed by atoms with Crippen molar-refractivity contribution in [2.75, 3.05) is 6.54 Å². The van der Waals surface area contributed by atoms with E-state index in [1.54, 1.807) is 0 Å². The largest absolute Gasteiger partial charge is 0.339 e. The van der Waals surface area contributed by atoms with Gasteiger partial charge in [-0.05, 0) is 26.3 Å². The van der Waals surface area contributed by atoms with E-state index in [2.05, 4.69) is 15.5 Å². The van der Waals surface area contributed by atoms with Crippen LogP contribution in [0.2, 0.25) is 0 Å². The van der Waals surface area contributed by atoms with Gasteiger partial charge in [-0.3, -0.25) is 0 Å². The molecule has 0 aliphatic carbocycles. The third-order valence-electron chi connectivity index (χ3n) is 2.15. The summed E-state index contributed by atoms with van der Waals surface area (Å²) < 4.78 is 5.03. The van der Waals surface area contributed by atoms with Gasteiger partial charge in [0.25, 0.3) is 0 Å². The topological polar surface area (TPSA) is 51.0 Å². The molecular formula is C8H13N3O. The quantitative estimate of drug-likeness (QED) is 0.703. The highest BCUT2D eigenvalue weighted by atomic mass is 16.5. The van der Waals surface area contributed by atoms with Gasteiger partial charge in [-0.2, -0.15) is 4.98 Å². The molecule has 0 unspecified atom stereocenters. The molecule has 0 spiro atoms. The molecule has 4 nitrogen and oxygen atoms in total. The number of hydrogen-bond acceptors (Lipinski definition) is 4. The summed E-state index contributed by atoms with van der Waals surface area (Å²) in [6.07, 6.45) is 3.36. The molecule has 0 aromatic carbocycles. The SMILES string of the molecule is Cc1noc(C[C@@H]2CCCN2)n1. The molecular weight excluding hydrogens is 154 g/mol. The van der Waals surface area contributed by atoms with Crippen LogP contribution in [0.25, 0.3) is 0 Å². The van der Waals surface area contributed by atoms with Gasteiger partial charge in [-0.15, -0.1) is 0 Å². The van der Waals surface area contributed by atoms with Gasteiger partial charge in [-0.25, -0.2) is 0 Å². The van der Waals surface area contributed by atoms with Gasteiger partial charge in [-0.1, -0.05) is 5.16 Å². The molecule has 1 N–H and O–H groups in total. The summed E-state index contributed by atoms with van der Waals surface area (Å²) in [5.41, 5.74) is 0. The molecule has 1 aliphatic heterocycles. The highest BCUT2D eigenvalue weighted by Crippen LogP contribution is 2.10. The molecule has 1 aliphatic rings. The van der Waals surface area contributed by atoms with Crippen molar-refractivity contribution in [3.63, 3.8) is 0 Å². The Labute approximate surface area is 71.4 Å². The van der Waals surface area contributed by atoms with E-state index >= 15 is 0 Å². The fourth-order valence-electron chi connectivity index (χ4n) is 1.56. The Bertz CT molecular complexity index is 253. The molecule has 66 valence electrons. The van der Waals surface area contributed by atoms with Crippen molar-refractivity contribution in [2.45, 2.75) is 32.2 Å². The van der Waals surface area contributed by atoms with Crippen molar-refractivity contribution >= 4 is 0 Å². The van der Waals surface area contributed by atoms with Crippen LogP contribution in [0, 0.1) is 6.92 Å². The minimum atomic E-state index is 0.546. The average molecular weight is 167 g/mol. The van der Waals surface area contributed by atoms with Crippen LogP contribution in [0.4, 0.5) is 0 Å². The van der Waals surface area contributed by atoms with Crippen molar-refractivity contribution < 1.29 is 4.52 Å². The van der Waals surface area contributed by atoms with E-state index in [4.69, 9.17) is 4.52 Å². The summed E-state index contributed by atoms with van der Waals surface area (Å²) in [4.78, 5) is 4.16. The van der Waals surface area contributed by atoms with Gasteiger partial charge in [0.05, 0.1) is 0 Å². The zero-order chi connectivity index (χ0) is 8.39. The minimum absolute atomic E-state index is 0.546. The summed E-state index contributed by atoms with van der Waals surface area (Å²) >= 11 is 0. The van der Waals surface area contributed by atoms with Crippen molar-refractivity contribution in [3.05, 3.63) is 11.7 Å². The smallest absolute Gasteiger partial charge is 0.228 e. The predicted octanol–water partition coefficient (Wildman–Crippen LogP) is 0.673. The number of aromatic nitrogens is 2. The molecule has 2 heterocycles. The first kappa shape index (κ1) is 7.73. The monoisotopic (exact) mass is 167 g/mol. The van der Waals surface area contributed by atoms with Crippen LogP contribution in [-0.4, -0.2) is 22.7 Å². The third-order valence-corrected chi connectivity index (χ3v) is 2.15. The van der Waals surface area contributed by atoms with Crippen LogP contribution in [-0.2, 0) is 6.42 Å². The predicted molar refractivity (Wildman–Crippen MR) is 43.8 cm³/mol. The van der Waals surface area contributed by atoms with Crippen molar-refractivity contribution in [1.82, 2.24) is 15.5 Å². The van der Waals surface area contributed by atoms with Crippen LogP contribution in [0.1, 0.15) is 24.6 Å². The molecule has 1 fully saturated rings. The molecule has 2 rings (SSSR count). The summed E-state index contributed by atoms with van der Waals surface area (Å²) in [5, 5.41) is 7.13. The first-order chi connectivity index (χ1) is 5.84. The molecule has 1 atom stereocenters.